The van der Waals surface area contributed by atoms with E-state index in [0.717, 1.165) is 5.56 Å². The van der Waals surface area contributed by atoms with Crippen LogP contribution in [0.3, 0.4) is 0 Å². The minimum atomic E-state index is -0.478. The zero-order valence-electron chi connectivity index (χ0n) is 11.4. The molecule has 2 atom stereocenters. The average molecular weight is 274 g/mol. The Morgan fingerprint density at radius 1 is 1.60 bits per heavy atom. The summed E-state index contributed by atoms with van der Waals surface area (Å²) >= 11 is 0. The summed E-state index contributed by atoms with van der Waals surface area (Å²) in [5, 5.41) is 14.3. The molecule has 0 unspecified atom stereocenters. The number of aromatic amines is 1. The van der Waals surface area contributed by atoms with E-state index in [-0.39, 0.29) is 11.9 Å². The molecule has 1 fully saturated rings. The Morgan fingerprint density at radius 2 is 2.45 bits per heavy atom. The molecule has 6 heteroatoms. The first kappa shape index (κ1) is 12.9. The molecule has 6 nitrogen and oxygen atoms in total. The van der Waals surface area contributed by atoms with E-state index < -0.39 is 6.10 Å². The van der Waals surface area contributed by atoms with Gasteiger partial charge >= 0.3 is 0 Å². The number of aromatic nitrogens is 3. The molecule has 3 heterocycles. The van der Waals surface area contributed by atoms with Crippen molar-refractivity contribution in [2.75, 3.05) is 6.54 Å². The Bertz CT molecular complexity index is 590. The molecule has 2 N–H and O–H groups in total. The number of carbonyl (C=O) groups excluding carboxylic acids is 1. The molecule has 1 amide bonds. The number of likely N-dealkylation sites (tertiary alicyclic amines) is 1. The van der Waals surface area contributed by atoms with Crippen LogP contribution in [0.25, 0.3) is 0 Å². The van der Waals surface area contributed by atoms with E-state index in [1.807, 2.05) is 13.2 Å². The van der Waals surface area contributed by atoms with Gasteiger partial charge in [0.15, 0.2) is 0 Å². The van der Waals surface area contributed by atoms with Crippen LogP contribution in [0.5, 0.6) is 0 Å². The van der Waals surface area contributed by atoms with Crippen molar-refractivity contribution in [1.82, 2.24) is 19.7 Å². The Kier molecular flexibility index (Phi) is 3.31. The third-order valence-corrected chi connectivity index (χ3v) is 3.80. The fourth-order valence-electron chi connectivity index (χ4n) is 2.77. The van der Waals surface area contributed by atoms with Gasteiger partial charge in [-0.2, -0.15) is 5.10 Å². The van der Waals surface area contributed by atoms with E-state index >= 15 is 0 Å². The van der Waals surface area contributed by atoms with Crippen molar-refractivity contribution < 1.29 is 9.90 Å². The molecule has 20 heavy (non-hydrogen) atoms. The molecule has 2 aromatic rings. The van der Waals surface area contributed by atoms with Gasteiger partial charge in [0.25, 0.3) is 5.91 Å². The fraction of sp³-hybridized carbons (Fsp3) is 0.429. The standard InChI is InChI=1S/C14H18N4O2/c1-17-9-10(8-16-17)7-12-13(19)4-6-18(12)14(20)11-3-2-5-15-11/h2-3,5,8-9,12-13,15,19H,4,6-7H2,1H3/t12-,13-/m0/s1. The number of nitrogens with zero attached hydrogens (tertiary/aromatic N) is 3. The summed E-state index contributed by atoms with van der Waals surface area (Å²) in [5.74, 6) is -0.0551. The third kappa shape index (κ3) is 2.34. The zero-order chi connectivity index (χ0) is 14.1. The van der Waals surface area contributed by atoms with Crippen molar-refractivity contribution in [3.63, 3.8) is 0 Å². The first-order valence-electron chi connectivity index (χ1n) is 6.75. The highest BCUT2D eigenvalue weighted by atomic mass is 16.3. The second kappa shape index (κ2) is 5.13. The molecular formula is C14H18N4O2. The minimum absolute atomic E-state index is 0.0551. The molecule has 106 valence electrons. The van der Waals surface area contributed by atoms with Gasteiger partial charge in [0.1, 0.15) is 5.69 Å². The topological polar surface area (TPSA) is 74.2 Å². The average Bonchev–Trinajstić information content (AvgIpc) is 3.13. The first-order valence-corrected chi connectivity index (χ1v) is 6.75. The number of hydrogen-bond acceptors (Lipinski definition) is 3. The molecular weight excluding hydrogens is 256 g/mol. The molecule has 1 aliphatic heterocycles. The smallest absolute Gasteiger partial charge is 0.270 e. The lowest BCUT2D eigenvalue weighted by atomic mass is 10.0. The van der Waals surface area contributed by atoms with Gasteiger partial charge in [-0.25, -0.2) is 0 Å². The van der Waals surface area contributed by atoms with E-state index in [1.54, 1.807) is 34.1 Å². The van der Waals surface area contributed by atoms with E-state index in [9.17, 15) is 9.90 Å². The van der Waals surface area contributed by atoms with Gasteiger partial charge < -0.3 is 15.0 Å². The monoisotopic (exact) mass is 274 g/mol. The Morgan fingerprint density at radius 3 is 3.10 bits per heavy atom. The summed E-state index contributed by atoms with van der Waals surface area (Å²) in [7, 11) is 1.86. The zero-order valence-corrected chi connectivity index (χ0v) is 11.4. The lowest BCUT2D eigenvalue weighted by molar-refractivity contribution is 0.0635. The highest BCUT2D eigenvalue weighted by Gasteiger charge is 2.36. The molecule has 1 aliphatic rings. The van der Waals surface area contributed by atoms with Crippen LogP contribution in [-0.4, -0.2) is 49.4 Å². The van der Waals surface area contributed by atoms with Crippen LogP contribution >= 0.6 is 0 Å². The summed E-state index contributed by atoms with van der Waals surface area (Å²) < 4.78 is 1.73. The van der Waals surface area contributed by atoms with Gasteiger partial charge in [-0.3, -0.25) is 9.48 Å². The highest BCUT2D eigenvalue weighted by Crippen LogP contribution is 2.23. The summed E-state index contributed by atoms with van der Waals surface area (Å²) in [4.78, 5) is 17.1. The molecule has 0 aliphatic carbocycles. The second-order valence-corrected chi connectivity index (χ2v) is 5.23. The molecule has 0 bridgehead atoms. The van der Waals surface area contributed by atoms with E-state index in [4.69, 9.17) is 0 Å². The maximum atomic E-state index is 12.4. The van der Waals surface area contributed by atoms with Crippen molar-refractivity contribution in [1.29, 1.82) is 0 Å². The number of rotatable bonds is 3. The normalized spacial score (nSPS) is 22.4. The number of aryl methyl sites for hydroxylation is 1. The highest BCUT2D eigenvalue weighted by molar-refractivity contribution is 5.92. The predicted molar refractivity (Wildman–Crippen MR) is 73.2 cm³/mol. The van der Waals surface area contributed by atoms with Crippen molar-refractivity contribution in [3.8, 4) is 0 Å². The lowest BCUT2D eigenvalue weighted by Gasteiger charge is -2.25. The van der Waals surface area contributed by atoms with Crippen LogP contribution in [0.2, 0.25) is 0 Å². The van der Waals surface area contributed by atoms with Gasteiger partial charge in [0.05, 0.1) is 18.3 Å². The molecule has 1 saturated heterocycles. The lowest BCUT2D eigenvalue weighted by Crippen LogP contribution is -2.41. The van der Waals surface area contributed by atoms with Crippen molar-refractivity contribution >= 4 is 5.91 Å². The Hall–Kier alpha value is -2.08. The quantitative estimate of drug-likeness (QED) is 0.859. The molecule has 0 aromatic carbocycles. The van der Waals surface area contributed by atoms with Gasteiger partial charge in [0, 0.05) is 26.0 Å². The van der Waals surface area contributed by atoms with Crippen LogP contribution in [0, 0.1) is 0 Å². The van der Waals surface area contributed by atoms with Gasteiger partial charge in [0.2, 0.25) is 0 Å². The minimum Gasteiger partial charge on any atom is -0.391 e. The number of aliphatic hydroxyl groups is 1. The number of carbonyl (C=O) groups is 1. The van der Waals surface area contributed by atoms with Crippen molar-refractivity contribution in [2.45, 2.75) is 25.0 Å². The number of hydrogen-bond donors (Lipinski definition) is 2. The molecule has 0 spiro atoms. The van der Waals surface area contributed by atoms with Crippen LogP contribution in [0.1, 0.15) is 22.5 Å². The second-order valence-electron chi connectivity index (χ2n) is 5.23. The summed E-state index contributed by atoms with van der Waals surface area (Å²) in [6, 6.07) is 3.37. The SMILES string of the molecule is Cn1cc(C[C@H]2[C@@H](O)CCN2C(=O)c2ccc[nH]2)cn1. The van der Waals surface area contributed by atoms with Crippen molar-refractivity contribution in [2.24, 2.45) is 7.05 Å². The first-order chi connectivity index (χ1) is 9.65. The largest absolute Gasteiger partial charge is 0.391 e. The van der Waals surface area contributed by atoms with Crippen LogP contribution in [-0.2, 0) is 13.5 Å². The Labute approximate surface area is 117 Å². The molecule has 2 aromatic heterocycles. The molecule has 3 rings (SSSR count). The summed E-state index contributed by atoms with van der Waals surface area (Å²) in [5.41, 5.74) is 1.60. The molecule has 0 saturated carbocycles. The van der Waals surface area contributed by atoms with E-state index in [0.29, 0.717) is 25.1 Å². The summed E-state index contributed by atoms with van der Waals surface area (Å²) in [6.07, 6.45) is 6.20. The predicted octanol–water partition coefficient (Wildman–Crippen LogP) is 0.566. The van der Waals surface area contributed by atoms with Gasteiger partial charge in [-0.15, -0.1) is 0 Å². The van der Waals surface area contributed by atoms with Gasteiger partial charge in [-0.1, -0.05) is 0 Å². The Balaban J connectivity index is 1.78. The summed E-state index contributed by atoms with van der Waals surface area (Å²) in [6.45, 7) is 0.587. The number of amides is 1. The molecule has 0 radical (unpaired) electrons. The van der Waals surface area contributed by atoms with Crippen LogP contribution in [0.15, 0.2) is 30.7 Å². The fourth-order valence-corrected chi connectivity index (χ4v) is 2.77. The van der Waals surface area contributed by atoms with E-state index in [2.05, 4.69) is 10.1 Å². The van der Waals surface area contributed by atoms with Crippen LogP contribution in [0.4, 0.5) is 0 Å². The third-order valence-electron chi connectivity index (χ3n) is 3.80. The van der Waals surface area contributed by atoms with Gasteiger partial charge in [-0.05, 0) is 30.5 Å². The number of nitrogens with one attached hydrogen (secondary N) is 1. The maximum absolute atomic E-state index is 12.4. The number of aliphatic hydroxyl groups excluding tert-OH is 1. The van der Waals surface area contributed by atoms with Crippen molar-refractivity contribution in [3.05, 3.63) is 42.0 Å². The number of H-pyrrole nitrogens is 1. The maximum Gasteiger partial charge on any atom is 0.270 e. The van der Waals surface area contributed by atoms with Crippen LogP contribution < -0.4 is 0 Å². The van der Waals surface area contributed by atoms with E-state index in [1.165, 1.54) is 0 Å².